The summed E-state index contributed by atoms with van der Waals surface area (Å²) in [5.41, 5.74) is 0.963. The predicted molar refractivity (Wildman–Crippen MR) is 74.6 cm³/mol. The lowest BCUT2D eigenvalue weighted by Crippen LogP contribution is -2.44. The molecule has 1 saturated heterocycles. The van der Waals surface area contributed by atoms with Crippen LogP contribution in [0.25, 0.3) is 0 Å². The zero-order valence-electron chi connectivity index (χ0n) is 10.6. The number of benzene rings is 1. The molecule has 2 aliphatic rings. The van der Waals surface area contributed by atoms with Gasteiger partial charge in [0.05, 0.1) is 6.04 Å². The third-order valence-electron chi connectivity index (χ3n) is 3.92. The minimum Gasteiger partial charge on any atom is -0.354 e. The minimum atomic E-state index is -0.205. The van der Waals surface area contributed by atoms with Gasteiger partial charge in [0.25, 0.3) is 0 Å². The Hall–Kier alpha value is -1.07. The van der Waals surface area contributed by atoms with E-state index in [1.165, 1.54) is 6.07 Å². The zero-order chi connectivity index (χ0) is 13.3. The van der Waals surface area contributed by atoms with Gasteiger partial charge in [-0.2, -0.15) is 0 Å². The first-order valence-electron chi connectivity index (χ1n) is 6.55. The van der Waals surface area contributed by atoms with Gasteiger partial charge in [0, 0.05) is 23.6 Å². The summed E-state index contributed by atoms with van der Waals surface area (Å²) in [4.78, 5) is 12.0. The molecule has 1 unspecified atom stereocenters. The van der Waals surface area contributed by atoms with Gasteiger partial charge in [0.15, 0.2) is 0 Å². The van der Waals surface area contributed by atoms with Crippen molar-refractivity contribution in [3.8, 4) is 0 Å². The summed E-state index contributed by atoms with van der Waals surface area (Å²) in [5.74, 6) is 1.53. The van der Waals surface area contributed by atoms with Crippen molar-refractivity contribution in [3.05, 3.63) is 35.6 Å². The van der Waals surface area contributed by atoms with Crippen molar-refractivity contribution < 1.29 is 9.18 Å². The Labute approximate surface area is 116 Å². The van der Waals surface area contributed by atoms with Crippen molar-refractivity contribution in [1.29, 1.82) is 0 Å². The molecule has 1 aromatic rings. The van der Waals surface area contributed by atoms with E-state index in [0.717, 1.165) is 30.0 Å². The quantitative estimate of drug-likeness (QED) is 0.881. The van der Waals surface area contributed by atoms with E-state index in [1.807, 2.05) is 6.07 Å². The van der Waals surface area contributed by atoms with Crippen LogP contribution in [0.2, 0.25) is 0 Å². The molecule has 1 aromatic carbocycles. The number of carbonyl (C=O) groups is 1. The number of hydrogen-bond acceptors (Lipinski definition) is 3. The third kappa shape index (κ3) is 2.77. The molecule has 0 radical (unpaired) electrons. The van der Waals surface area contributed by atoms with Crippen LogP contribution in [0.5, 0.6) is 0 Å². The Balaban J connectivity index is 1.61. The van der Waals surface area contributed by atoms with E-state index >= 15 is 0 Å². The van der Waals surface area contributed by atoms with E-state index in [-0.39, 0.29) is 23.2 Å². The van der Waals surface area contributed by atoms with Gasteiger partial charge in [-0.1, -0.05) is 12.1 Å². The molecular formula is C14H17FN2OS. The van der Waals surface area contributed by atoms with Gasteiger partial charge in [0.1, 0.15) is 5.82 Å². The molecule has 0 aromatic heterocycles. The van der Waals surface area contributed by atoms with Gasteiger partial charge in [0.2, 0.25) is 5.91 Å². The van der Waals surface area contributed by atoms with Crippen molar-refractivity contribution >= 4 is 17.7 Å². The number of hydrogen-bond donors (Lipinski definition) is 2. The van der Waals surface area contributed by atoms with E-state index in [1.54, 1.807) is 23.9 Å². The fraction of sp³-hybridized carbons (Fsp3) is 0.500. The maximum Gasteiger partial charge on any atom is 0.238 e. The van der Waals surface area contributed by atoms with Gasteiger partial charge >= 0.3 is 0 Å². The van der Waals surface area contributed by atoms with Gasteiger partial charge in [-0.3, -0.25) is 10.1 Å². The summed E-state index contributed by atoms with van der Waals surface area (Å²) in [5, 5.41) is 6.16. The van der Waals surface area contributed by atoms with Crippen molar-refractivity contribution in [2.24, 2.45) is 0 Å². The SMILES string of the molecule is O=C(NCC1(c2cccc(F)c2)CC1)C1CSCN1. The largest absolute Gasteiger partial charge is 0.354 e. The predicted octanol–water partition coefficient (Wildman–Crippen LogP) is 1.64. The first-order valence-corrected chi connectivity index (χ1v) is 7.70. The lowest BCUT2D eigenvalue weighted by Gasteiger charge is -2.18. The molecule has 2 fully saturated rings. The maximum atomic E-state index is 13.3. The molecule has 0 bridgehead atoms. The zero-order valence-corrected chi connectivity index (χ0v) is 11.4. The summed E-state index contributed by atoms with van der Waals surface area (Å²) >= 11 is 1.74. The molecule has 1 amide bonds. The van der Waals surface area contributed by atoms with Crippen LogP contribution in [-0.4, -0.2) is 30.1 Å². The molecule has 0 spiro atoms. The molecule has 5 heteroatoms. The Morgan fingerprint density at radius 2 is 2.37 bits per heavy atom. The molecular weight excluding hydrogens is 263 g/mol. The standard InChI is InChI=1S/C14H17FN2OS/c15-11-3-1-2-10(6-11)14(4-5-14)8-16-13(18)12-7-19-9-17-12/h1-3,6,12,17H,4-5,7-9H2,(H,16,18). The summed E-state index contributed by atoms with van der Waals surface area (Å²) in [6.07, 6.45) is 2.03. The first-order chi connectivity index (χ1) is 9.20. The van der Waals surface area contributed by atoms with Gasteiger partial charge in [-0.15, -0.1) is 11.8 Å². The van der Waals surface area contributed by atoms with E-state index in [0.29, 0.717) is 6.54 Å². The first kappa shape index (κ1) is 12.9. The second-order valence-corrected chi connectivity index (χ2v) is 6.31. The number of halogens is 1. The van der Waals surface area contributed by atoms with Crippen LogP contribution in [0, 0.1) is 5.82 Å². The molecule has 1 atom stereocenters. The van der Waals surface area contributed by atoms with E-state index < -0.39 is 0 Å². The summed E-state index contributed by atoms with van der Waals surface area (Å²) in [6, 6.07) is 6.65. The smallest absolute Gasteiger partial charge is 0.238 e. The van der Waals surface area contributed by atoms with E-state index in [9.17, 15) is 9.18 Å². The van der Waals surface area contributed by atoms with Gasteiger partial charge in [-0.05, 0) is 30.5 Å². The highest BCUT2D eigenvalue weighted by Gasteiger charge is 2.44. The highest BCUT2D eigenvalue weighted by molar-refractivity contribution is 7.99. The maximum absolute atomic E-state index is 13.3. The third-order valence-corrected chi connectivity index (χ3v) is 4.86. The van der Waals surface area contributed by atoms with E-state index in [2.05, 4.69) is 10.6 Å². The van der Waals surface area contributed by atoms with Crippen molar-refractivity contribution in [2.45, 2.75) is 24.3 Å². The average molecular weight is 280 g/mol. The average Bonchev–Trinajstić information content (AvgIpc) is 3.00. The summed E-state index contributed by atoms with van der Waals surface area (Å²) in [7, 11) is 0. The molecule has 1 heterocycles. The molecule has 2 N–H and O–H groups in total. The van der Waals surface area contributed by atoms with Crippen molar-refractivity contribution in [3.63, 3.8) is 0 Å². The normalized spacial score (nSPS) is 24.2. The van der Waals surface area contributed by atoms with Crippen LogP contribution in [0.3, 0.4) is 0 Å². The Bertz CT molecular complexity index is 484. The van der Waals surface area contributed by atoms with Crippen LogP contribution < -0.4 is 10.6 Å². The highest BCUT2D eigenvalue weighted by atomic mass is 32.2. The summed E-state index contributed by atoms with van der Waals surface area (Å²) < 4.78 is 13.3. The number of nitrogens with one attached hydrogen (secondary N) is 2. The number of thioether (sulfide) groups is 1. The molecule has 3 nitrogen and oxygen atoms in total. The second kappa shape index (κ2) is 5.13. The van der Waals surface area contributed by atoms with Crippen LogP contribution in [-0.2, 0) is 10.2 Å². The van der Waals surface area contributed by atoms with Crippen LogP contribution in [0.15, 0.2) is 24.3 Å². The van der Waals surface area contributed by atoms with E-state index in [4.69, 9.17) is 0 Å². The van der Waals surface area contributed by atoms with Crippen molar-refractivity contribution in [1.82, 2.24) is 10.6 Å². The molecule has 19 heavy (non-hydrogen) atoms. The summed E-state index contributed by atoms with van der Waals surface area (Å²) in [6.45, 7) is 0.609. The van der Waals surface area contributed by atoms with Crippen LogP contribution in [0.1, 0.15) is 18.4 Å². The molecule has 1 aliphatic heterocycles. The van der Waals surface area contributed by atoms with Gasteiger partial charge < -0.3 is 5.32 Å². The Kier molecular flexibility index (Phi) is 3.50. The van der Waals surface area contributed by atoms with Crippen LogP contribution >= 0.6 is 11.8 Å². The fourth-order valence-electron chi connectivity index (χ4n) is 2.48. The lowest BCUT2D eigenvalue weighted by molar-refractivity contribution is -0.122. The molecule has 102 valence electrons. The highest BCUT2D eigenvalue weighted by Crippen LogP contribution is 2.47. The molecule has 1 saturated carbocycles. The minimum absolute atomic E-state index is 0.0382. The molecule has 1 aliphatic carbocycles. The second-order valence-electron chi connectivity index (χ2n) is 5.28. The number of amides is 1. The molecule has 3 rings (SSSR count). The number of rotatable bonds is 4. The Morgan fingerprint density at radius 1 is 1.53 bits per heavy atom. The fourth-order valence-corrected chi connectivity index (χ4v) is 3.42. The monoisotopic (exact) mass is 280 g/mol. The topological polar surface area (TPSA) is 41.1 Å². The van der Waals surface area contributed by atoms with Crippen molar-refractivity contribution in [2.75, 3.05) is 18.2 Å². The lowest BCUT2D eigenvalue weighted by atomic mass is 9.96. The van der Waals surface area contributed by atoms with Crippen LogP contribution in [0.4, 0.5) is 4.39 Å². The Morgan fingerprint density at radius 3 is 3.00 bits per heavy atom. The number of carbonyl (C=O) groups excluding carboxylic acids is 1. The van der Waals surface area contributed by atoms with Gasteiger partial charge in [-0.25, -0.2) is 4.39 Å².